The molecule has 7 nitrogen and oxygen atoms in total. The van der Waals surface area contributed by atoms with Gasteiger partial charge in [0.1, 0.15) is 5.69 Å². The fraction of sp³-hybridized carbons (Fsp3) is 0.667. The number of rotatable bonds is 4. The van der Waals surface area contributed by atoms with Gasteiger partial charge >= 0.3 is 0 Å². The molecule has 0 aromatic carbocycles. The first kappa shape index (κ1) is 12.2. The molecule has 1 saturated heterocycles. The van der Waals surface area contributed by atoms with Crippen molar-refractivity contribution in [2.24, 2.45) is 5.92 Å². The lowest BCUT2D eigenvalue weighted by Crippen LogP contribution is -2.28. The maximum Gasteiger partial charge on any atom is 0.211 e. The number of carbonyl (C=O) groups is 1. The van der Waals surface area contributed by atoms with Crippen molar-refractivity contribution < 1.29 is 13.2 Å². The summed E-state index contributed by atoms with van der Waals surface area (Å²) in [5, 5.41) is 7.46. The van der Waals surface area contributed by atoms with Gasteiger partial charge in [-0.2, -0.15) is 0 Å². The topological polar surface area (TPSA) is 85.2 Å². The fourth-order valence-electron chi connectivity index (χ4n) is 1.97. The van der Waals surface area contributed by atoms with E-state index in [0.29, 0.717) is 31.6 Å². The molecular formula is C9H14N4O3S. The van der Waals surface area contributed by atoms with Crippen LogP contribution in [0.2, 0.25) is 0 Å². The number of aromatic nitrogens is 3. The Balaban J connectivity index is 1.96. The number of aldehydes is 1. The number of sulfonamides is 1. The van der Waals surface area contributed by atoms with Crippen LogP contribution in [0.15, 0.2) is 6.20 Å². The molecule has 1 atom stereocenters. The predicted octanol–water partition coefficient (Wildman–Crippen LogP) is -0.628. The van der Waals surface area contributed by atoms with Gasteiger partial charge in [-0.3, -0.25) is 9.48 Å². The van der Waals surface area contributed by atoms with Crippen molar-refractivity contribution in [2.45, 2.75) is 13.0 Å². The average molecular weight is 258 g/mol. The molecule has 8 heteroatoms. The first-order valence-corrected chi connectivity index (χ1v) is 7.14. The number of hydrogen-bond acceptors (Lipinski definition) is 5. The zero-order valence-corrected chi connectivity index (χ0v) is 10.3. The van der Waals surface area contributed by atoms with Crippen LogP contribution < -0.4 is 0 Å². The van der Waals surface area contributed by atoms with Crippen LogP contribution in [-0.2, 0) is 16.6 Å². The Hall–Kier alpha value is -1.28. The molecule has 0 aliphatic carbocycles. The monoisotopic (exact) mass is 258 g/mol. The Morgan fingerprint density at radius 1 is 1.59 bits per heavy atom. The second kappa shape index (κ2) is 4.53. The van der Waals surface area contributed by atoms with E-state index in [9.17, 15) is 13.2 Å². The first-order chi connectivity index (χ1) is 7.99. The summed E-state index contributed by atoms with van der Waals surface area (Å²) in [6, 6.07) is 0. The van der Waals surface area contributed by atoms with E-state index in [1.54, 1.807) is 10.9 Å². The van der Waals surface area contributed by atoms with Gasteiger partial charge in [0.15, 0.2) is 6.29 Å². The van der Waals surface area contributed by atoms with Crippen molar-refractivity contribution in [1.29, 1.82) is 0 Å². The molecule has 2 rings (SSSR count). The summed E-state index contributed by atoms with van der Waals surface area (Å²) < 4.78 is 25.7. The van der Waals surface area contributed by atoms with E-state index in [-0.39, 0.29) is 5.92 Å². The van der Waals surface area contributed by atoms with Crippen molar-refractivity contribution in [3.63, 3.8) is 0 Å². The van der Waals surface area contributed by atoms with Gasteiger partial charge in [0.05, 0.1) is 12.5 Å². The molecule has 1 aliphatic heterocycles. The third kappa shape index (κ3) is 2.89. The van der Waals surface area contributed by atoms with Crippen molar-refractivity contribution in [3.05, 3.63) is 11.9 Å². The highest BCUT2D eigenvalue weighted by Crippen LogP contribution is 2.19. The average Bonchev–Trinajstić information content (AvgIpc) is 2.86. The molecule has 2 heterocycles. The van der Waals surface area contributed by atoms with Crippen LogP contribution in [0.3, 0.4) is 0 Å². The summed E-state index contributed by atoms with van der Waals surface area (Å²) in [6.07, 6.45) is 4.23. The molecule has 17 heavy (non-hydrogen) atoms. The molecule has 0 N–H and O–H groups in total. The summed E-state index contributed by atoms with van der Waals surface area (Å²) in [7, 11) is -3.10. The van der Waals surface area contributed by atoms with Gasteiger partial charge in [0.25, 0.3) is 0 Å². The Labute approximate surface area is 99.5 Å². The highest BCUT2D eigenvalue weighted by molar-refractivity contribution is 7.88. The van der Waals surface area contributed by atoms with Crippen LogP contribution in [0.4, 0.5) is 0 Å². The lowest BCUT2D eigenvalue weighted by molar-refractivity contribution is 0.111. The highest BCUT2D eigenvalue weighted by atomic mass is 32.2. The van der Waals surface area contributed by atoms with E-state index in [0.717, 1.165) is 6.42 Å². The van der Waals surface area contributed by atoms with Crippen LogP contribution in [0.25, 0.3) is 0 Å². The SMILES string of the molecule is CS(=O)(=O)N1CC[C@@H](Cn2cc(C=O)nn2)C1. The van der Waals surface area contributed by atoms with Crippen LogP contribution in [0, 0.1) is 5.92 Å². The van der Waals surface area contributed by atoms with E-state index in [1.807, 2.05) is 0 Å². The molecule has 0 unspecified atom stereocenters. The van der Waals surface area contributed by atoms with Crippen LogP contribution >= 0.6 is 0 Å². The Morgan fingerprint density at radius 2 is 2.35 bits per heavy atom. The maximum absolute atomic E-state index is 11.3. The second-order valence-electron chi connectivity index (χ2n) is 4.26. The maximum atomic E-state index is 11.3. The molecule has 0 spiro atoms. The lowest BCUT2D eigenvalue weighted by Gasteiger charge is -2.12. The molecule has 94 valence electrons. The minimum Gasteiger partial charge on any atom is -0.296 e. The van der Waals surface area contributed by atoms with Gasteiger partial charge in [0, 0.05) is 19.6 Å². The normalized spacial score (nSPS) is 21.8. The summed E-state index contributed by atoms with van der Waals surface area (Å²) in [6.45, 7) is 1.65. The minimum absolute atomic E-state index is 0.228. The lowest BCUT2D eigenvalue weighted by atomic mass is 10.1. The predicted molar refractivity (Wildman–Crippen MR) is 59.9 cm³/mol. The van der Waals surface area contributed by atoms with E-state index in [2.05, 4.69) is 10.3 Å². The largest absolute Gasteiger partial charge is 0.296 e. The summed E-state index contributed by atoms with van der Waals surface area (Å²) >= 11 is 0. The standard InChI is InChI=1S/C9H14N4O3S/c1-17(15,16)13-3-2-8(5-13)4-12-6-9(7-14)10-11-12/h6-8H,2-5H2,1H3/t8-/m0/s1. The molecule has 0 radical (unpaired) electrons. The molecule has 0 saturated carbocycles. The van der Waals surface area contributed by atoms with Gasteiger partial charge in [-0.05, 0) is 12.3 Å². The number of hydrogen-bond donors (Lipinski definition) is 0. The van der Waals surface area contributed by atoms with Crippen molar-refractivity contribution in [1.82, 2.24) is 19.3 Å². The second-order valence-corrected chi connectivity index (χ2v) is 6.24. The minimum atomic E-state index is -3.10. The third-order valence-corrected chi connectivity index (χ3v) is 4.11. The van der Waals surface area contributed by atoms with E-state index < -0.39 is 10.0 Å². The zero-order chi connectivity index (χ0) is 12.5. The van der Waals surface area contributed by atoms with Crippen LogP contribution in [-0.4, -0.2) is 53.3 Å². The quantitative estimate of drug-likeness (QED) is 0.671. The van der Waals surface area contributed by atoms with Gasteiger partial charge < -0.3 is 0 Å². The Morgan fingerprint density at radius 3 is 2.88 bits per heavy atom. The van der Waals surface area contributed by atoms with E-state index in [4.69, 9.17) is 0 Å². The van der Waals surface area contributed by atoms with E-state index in [1.165, 1.54) is 10.6 Å². The van der Waals surface area contributed by atoms with Crippen molar-refractivity contribution >= 4 is 16.3 Å². The van der Waals surface area contributed by atoms with Crippen LogP contribution in [0.1, 0.15) is 16.9 Å². The van der Waals surface area contributed by atoms with E-state index >= 15 is 0 Å². The van der Waals surface area contributed by atoms with Gasteiger partial charge in [0.2, 0.25) is 10.0 Å². The molecule has 1 aliphatic rings. The first-order valence-electron chi connectivity index (χ1n) is 5.29. The molecule has 0 bridgehead atoms. The van der Waals surface area contributed by atoms with Gasteiger partial charge in [-0.1, -0.05) is 5.21 Å². The Kier molecular flexibility index (Phi) is 3.25. The van der Waals surface area contributed by atoms with Gasteiger partial charge in [-0.25, -0.2) is 12.7 Å². The number of nitrogens with zero attached hydrogens (tertiary/aromatic N) is 4. The smallest absolute Gasteiger partial charge is 0.211 e. The fourth-order valence-corrected chi connectivity index (χ4v) is 2.89. The zero-order valence-electron chi connectivity index (χ0n) is 9.48. The molecule has 1 fully saturated rings. The summed E-state index contributed by atoms with van der Waals surface area (Å²) in [5.74, 6) is 0.228. The molecule has 0 amide bonds. The van der Waals surface area contributed by atoms with Crippen molar-refractivity contribution in [2.75, 3.05) is 19.3 Å². The van der Waals surface area contributed by atoms with Crippen LogP contribution in [0.5, 0.6) is 0 Å². The molecule has 1 aromatic rings. The number of carbonyl (C=O) groups excluding carboxylic acids is 1. The summed E-state index contributed by atoms with van der Waals surface area (Å²) in [5.41, 5.74) is 0.294. The third-order valence-electron chi connectivity index (χ3n) is 2.84. The van der Waals surface area contributed by atoms with Gasteiger partial charge in [-0.15, -0.1) is 5.10 Å². The summed E-state index contributed by atoms with van der Waals surface area (Å²) in [4.78, 5) is 10.4. The molecular weight excluding hydrogens is 244 g/mol. The Bertz CT molecular complexity index is 510. The van der Waals surface area contributed by atoms with Crippen molar-refractivity contribution in [3.8, 4) is 0 Å². The highest BCUT2D eigenvalue weighted by Gasteiger charge is 2.28. The molecule has 1 aromatic heterocycles.